The van der Waals surface area contributed by atoms with E-state index in [1.165, 1.54) is 5.56 Å². The molecule has 4 heteroatoms. The zero-order valence-corrected chi connectivity index (χ0v) is 10.8. The van der Waals surface area contributed by atoms with Gasteiger partial charge in [0.25, 0.3) is 0 Å². The maximum absolute atomic E-state index is 5.65. The SMILES string of the molecule is NC(=S)c1cccnc1NCCc1ccccc1. The van der Waals surface area contributed by atoms with Crippen LogP contribution in [0.2, 0.25) is 0 Å². The fraction of sp³-hybridized carbons (Fsp3) is 0.143. The van der Waals surface area contributed by atoms with E-state index >= 15 is 0 Å². The monoisotopic (exact) mass is 257 g/mol. The lowest BCUT2D eigenvalue weighted by atomic mass is 10.1. The average Bonchev–Trinajstić information content (AvgIpc) is 2.40. The van der Waals surface area contributed by atoms with E-state index in [0.29, 0.717) is 4.99 Å². The topological polar surface area (TPSA) is 50.9 Å². The van der Waals surface area contributed by atoms with E-state index in [1.54, 1.807) is 6.20 Å². The van der Waals surface area contributed by atoms with Crippen LogP contribution in [-0.2, 0) is 6.42 Å². The molecule has 0 aliphatic rings. The van der Waals surface area contributed by atoms with E-state index in [2.05, 4.69) is 22.4 Å². The Morgan fingerprint density at radius 3 is 2.67 bits per heavy atom. The Hall–Kier alpha value is -1.94. The van der Waals surface area contributed by atoms with Crippen LogP contribution in [0.1, 0.15) is 11.1 Å². The Kier molecular flexibility index (Phi) is 4.25. The normalized spacial score (nSPS) is 10.0. The van der Waals surface area contributed by atoms with Crippen molar-refractivity contribution in [1.82, 2.24) is 4.98 Å². The second-order valence-electron chi connectivity index (χ2n) is 3.93. The van der Waals surface area contributed by atoms with E-state index in [0.717, 1.165) is 24.3 Å². The Morgan fingerprint density at radius 1 is 1.17 bits per heavy atom. The van der Waals surface area contributed by atoms with Gasteiger partial charge in [-0.1, -0.05) is 42.5 Å². The Morgan fingerprint density at radius 2 is 1.94 bits per heavy atom. The molecule has 0 aliphatic heterocycles. The second-order valence-corrected chi connectivity index (χ2v) is 4.37. The molecule has 0 atom stereocenters. The number of anilines is 1. The van der Waals surface area contributed by atoms with Crippen molar-refractivity contribution in [2.24, 2.45) is 5.73 Å². The van der Waals surface area contributed by atoms with Gasteiger partial charge in [0.15, 0.2) is 0 Å². The van der Waals surface area contributed by atoms with Crippen molar-refractivity contribution in [1.29, 1.82) is 0 Å². The van der Waals surface area contributed by atoms with Gasteiger partial charge >= 0.3 is 0 Å². The van der Waals surface area contributed by atoms with E-state index in [-0.39, 0.29) is 0 Å². The maximum atomic E-state index is 5.65. The Labute approximate surface area is 112 Å². The minimum atomic E-state index is 0.366. The van der Waals surface area contributed by atoms with Gasteiger partial charge in [-0.15, -0.1) is 0 Å². The first-order valence-electron chi connectivity index (χ1n) is 5.80. The molecule has 0 amide bonds. The van der Waals surface area contributed by atoms with Crippen LogP contribution in [0.5, 0.6) is 0 Å². The molecule has 1 aromatic carbocycles. The highest BCUT2D eigenvalue weighted by Crippen LogP contribution is 2.11. The van der Waals surface area contributed by atoms with Crippen LogP contribution in [0.25, 0.3) is 0 Å². The molecule has 0 aliphatic carbocycles. The molecular formula is C14H15N3S. The molecular weight excluding hydrogens is 242 g/mol. The zero-order valence-electron chi connectivity index (χ0n) is 9.97. The van der Waals surface area contributed by atoms with E-state index in [9.17, 15) is 0 Å². The average molecular weight is 257 g/mol. The predicted octanol–water partition coefficient (Wildman–Crippen LogP) is 2.37. The number of hydrogen-bond acceptors (Lipinski definition) is 3. The summed E-state index contributed by atoms with van der Waals surface area (Å²) in [5.41, 5.74) is 7.73. The van der Waals surface area contributed by atoms with Crippen LogP contribution in [0, 0.1) is 0 Å². The van der Waals surface area contributed by atoms with Gasteiger partial charge in [-0.25, -0.2) is 4.98 Å². The first-order chi connectivity index (χ1) is 8.77. The van der Waals surface area contributed by atoms with Crippen molar-refractivity contribution in [2.45, 2.75) is 6.42 Å². The van der Waals surface area contributed by atoms with Crippen molar-refractivity contribution >= 4 is 23.0 Å². The van der Waals surface area contributed by atoms with E-state index < -0.39 is 0 Å². The van der Waals surface area contributed by atoms with Crippen LogP contribution < -0.4 is 11.1 Å². The summed E-state index contributed by atoms with van der Waals surface area (Å²) >= 11 is 4.99. The number of nitrogens with zero attached hydrogens (tertiary/aromatic N) is 1. The quantitative estimate of drug-likeness (QED) is 0.807. The molecule has 0 saturated carbocycles. The summed E-state index contributed by atoms with van der Waals surface area (Å²) in [7, 11) is 0. The van der Waals surface area contributed by atoms with E-state index in [4.69, 9.17) is 18.0 Å². The van der Waals surface area contributed by atoms with Crippen molar-refractivity contribution < 1.29 is 0 Å². The molecule has 0 fully saturated rings. The van der Waals surface area contributed by atoms with Gasteiger partial charge in [0, 0.05) is 12.7 Å². The Bertz CT molecular complexity index is 526. The molecule has 1 aromatic heterocycles. The van der Waals surface area contributed by atoms with Gasteiger partial charge in [-0.05, 0) is 24.1 Å². The highest BCUT2D eigenvalue weighted by atomic mass is 32.1. The first-order valence-corrected chi connectivity index (χ1v) is 6.21. The minimum Gasteiger partial charge on any atom is -0.389 e. The van der Waals surface area contributed by atoms with Gasteiger partial charge in [0.2, 0.25) is 0 Å². The third kappa shape index (κ3) is 3.28. The second kappa shape index (κ2) is 6.12. The number of nitrogens with two attached hydrogens (primary N) is 1. The lowest BCUT2D eigenvalue weighted by Gasteiger charge is -2.09. The molecule has 92 valence electrons. The van der Waals surface area contributed by atoms with Gasteiger partial charge in [0.05, 0.1) is 5.56 Å². The lowest BCUT2D eigenvalue weighted by molar-refractivity contribution is 1.01. The van der Waals surface area contributed by atoms with E-state index in [1.807, 2.05) is 30.3 Å². The van der Waals surface area contributed by atoms with Gasteiger partial charge < -0.3 is 11.1 Å². The summed E-state index contributed by atoms with van der Waals surface area (Å²) in [6.07, 6.45) is 2.67. The number of benzene rings is 1. The van der Waals surface area contributed by atoms with Crippen LogP contribution in [0.4, 0.5) is 5.82 Å². The summed E-state index contributed by atoms with van der Waals surface area (Å²) < 4.78 is 0. The van der Waals surface area contributed by atoms with Gasteiger partial charge in [-0.3, -0.25) is 0 Å². The predicted molar refractivity (Wildman–Crippen MR) is 78.8 cm³/mol. The molecule has 0 bridgehead atoms. The van der Waals surface area contributed by atoms with Crippen molar-refractivity contribution in [3.8, 4) is 0 Å². The number of aromatic nitrogens is 1. The number of thiocarbonyl (C=S) groups is 1. The third-order valence-electron chi connectivity index (χ3n) is 2.62. The molecule has 18 heavy (non-hydrogen) atoms. The molecule has 0 unspecified atom stereocenters. The molecule has 0 radical (unpaired) electrons. The van der Waals surface area contributed by atoms with Crippen molar-refractivity contribution in [2.75, 3.05) is 11.9 Å². The fourth-order valence-corrected chi connectivity index (χ4v) is 1.88. The number of nitrogens with one attached hydrogen (secondary N) is 1. The van der Waals surface area contributed by atoms with Crippen LogP contribution in [0.3, 0.4) is 0 Å². The summed E-state index contributed by atoms with van der Waals surface area (Å²) in [5.74, 6) is 0.751. The van der Waals surface area contributed by atoms with Crippen LogP contribution in [-0.4, -0.2) is 16.5 Å². The first kappa shape index (κ1) is 12.5. The standard InChI is InChI=1S/C14H15N3S/c15-13(18)12-7-4-9-16-14(12)17-10-8-11-5-2-1-3-6-11/h1-7,9H,8,10H2,(H2,15,18)(H,16,17). The summed E-state index contributed by atoms with van der Waals surface area (Å²) in [6.45, 7) is 0.802. The van der Waals surface area contributed by atoms with Crippen LogP contribution >= 0.6 is 12.2 Å². The molecule has 1 heterocycles. The number of rotatable bonds is 5. The summed E-state index contributed by atoms with van der Waals surface area (Å²) in [6, 6.07) is 14.0. The maximum Gasteiger partial charge on any atom is 0.136 e. The highest BCUT2D eigenvalue weighted by Gasteiger charge is 2.04. The molecule has 3 nitrogen and oxygen atoms in total. The Balaban J connectivity index is 1.97. The molecule has 0 saturated heterocycles. The number of hydrogen-bond donors (Lipinski definition) is 2. The number of pyridine rings is 1. The van der Waals surface area contributed by atoms with Crippen LogP contribution in [0.15, 0.2) is 48.7 Å². The summed E-state index contributed by atoms with van der Waals surface area (Å²) in [5, 5.41) is 3.26. The molecule has 3 N–H and O–H groups in total. The van der Waals surface area contributed by atoms with Gasteiger partial charge in [0.1, 0.15) is 10.8 Å². The fourth-order valence-electron chi connectivity index (χ4n) is 1.71. The smallest absolute Gasteiger partial charge is 0.136 e. The highest BCUT2D eigenvalue weighted by molar-refractivity contribution is 7.80. The van der Waals surface area contributed by atoms with Gasteiger partial charge in [-0.2, -0.15) is 0 Å². The third-order valence-corrected chi connectivity index (χ3v) is 2.84. The largest absolute Gasteiger partial charge is 0.389 e. The zero-order chi connectivity index (χ0) is 12.8. The minimum absolute atomic E-state index is 0.366. The summed E-state index contributed by atoms with van der Waals surface area (Å²) in [4.78, 5) is 4.62. The molecule has 2 rings (SSSR count). The van der Waals surface area contributed by atoms with Crippen molar-refractivity contribution in [3.63, 3.8) is 0 Å². The lowest BCUT2D eigenvalue weighted by Crippen LogP contribution is -2.15. The molecule has 0 spiro atoms. The van der Waals surface area contributed by atoms with Crippen molar-refractivity contribution in [3.05, 3.63) is 59.8 Å². The molecule has 2 aromatic rings.